The molecule has 4 rings (SSSR count). The molecule has 0 radical (unpaired) electrons. The minimum atomic E-state index is -0.214. The third-order valence-corrected chi connectivity index (χ3v) is 6.78. The first-order valence-corrected chi connectivity index (χ1v) is 11.7. The van der Waals surface area contributed by atoms with E-state index >= 15 is 0 Å². The molecule has 2 heterocycles. The predicted molar refractivity (Wildman–Crippen MR) is 133 cm³/mol. The first-order valence-electron chi connectivity index (χ1n) is 10.0. The van der Waals surface area contributed by atoms with E-state index in [0.29, 0.717) is 20.9 Å². The number of aliphatic imine (C=N–C) groups is 1. The number of carbonyl (C=O) groups is 2. The standard InChI is InChI=1S/C24H22N4O2S2/c1-14-8-10-18(11-9-14)25-23-27-22(30)21(32-23)12-19-13-31-24(26-19)28(17(4)29)20-7-5-6-15(2)16(20)3/h5-13H,1-4H3,(H,25,27,30)/b21-12+. The number of thioether (sulfide) groups is 1. The van der Waals surface area contributed by atoms with E-state index < -0.39 is 0 Å². The Kier molecular flexibility index (Phi) is 6.25. The van der Waals surface area contributed by atoms with Crippen molar-refractivity contribution in [2.45, 2.75) is 27.7 Å². The van der Waals surface area contributed by atoms with E-state index in [0.717, 1.165) is 28.1 Å². The van der Waals surface area contributed by atoms with E-state index in [1.807, 2.05) is 68.6 Å². The van der Waals surface area contributed by atoms with E-state index in [4.69, 9.17) is 0 Å². The number of rotatable bonds is 4. The van der Waals surface area contributed by atoms with Crippen LogP contribution in [0.15, 0.2) is 57.7 Å². The summed E-state index contributed by atoms with van der Waals surface area (Å²) in [7, 11) is 0. The fraction of sp³-hybridized carbons (Fsp3) is 0.167. The lowest BCUT2D eigenvalue weighted by Crippen LogP contribution is -2.23. The number of nitrogens with zero attached hydrogens (tertiary/aromatic N) is 3. The number of aryl methyl sites for hydroxylation is 2. The second-order valence-electron chi connectivity index (χ2n) is 7.45. The largest absolute Gasteiger partial charge is 0.300 e. The molecule has 0 unspecified atom stereocenters. The quantitative estimate of drug-likeness (QED) is 0.509. The molecule has 2 aromatic carbocycles. The topological polar surface area (TPSA) is 74.7 Å². The smallest absolute Gasteiger partial charge is 0.264 e. The fourth-order valence-electron chi connectivity index (χ4n) is 3.18. The number of anilines is 2. The third-order valence-electron chi connectivity index (χ3n) is 5.03. The number of amides is 2. The van der Waals surface area contributed by atoms with Crippen LogP contribution in [0.25, 0.3) is 6.08 Å². The van der Waals surface area contributed by atoms with Crippen LogP contribution < -0.4 is 10.2 Å². The zero-order valence-electron chi connectivity index (χ0n) is 18.2. The maximum atomic E-state index is 12.4. The average Bonchev–Trinajstić information content (AvgIpc) is 3.34. The van der Waals surface area contributed by atoms with Gasteiger partial charge in [0.05, 0.1) is 22.0 Å². The Labute approximate surface area is 195 Å². The van der Waals surface area contributed by atoms with Crippen molar-refractivity contribution in [1.29, 1.82) is 0 Å². The summed E-state index contributed by atoms with van der Waals surface area (Å²) in [4.78, 5) is 36.1. The molecule has 0 bridgehead atoms. The average molecular weight is 463 g/mol. The van der Waals surface area contributed by atoms with Gasteiger partial charge in [0.15, 0.2) is 10.3 Å². The Morgan fingerprint density at radius 3 is 2.59 bits per heavy atom. The summed E-state index contributed by atoms with van der Waals surface area (Å²) in [5, 5.41) is 5.72. The van der Waals surface area contributed by atoms with Gasteiger partial charge >= 0.3 is 0 Å². The van der Waals surface area contributed by atoms with Crippen molar-refractivity contribution in [1.82, 2.24) is 10.3 Å². The Balaban J connectivity index is 1.59. The Morgan fingerprint density at radius 1 is 1.12 bits per heavy atom. The van der Waals surface area contributed by atoms with Crippen LogP contribution >= 0.6 is 23.1 Å². The zero-order chi connectivity index (χ0) is 22.8. The van der Waals surface area contributed by atoms with Crippen molar-refractivity contribution in [2.24, 2.45) is 4.99 Å². The number of benzene rings is 2. The second-order valence-corrected chi connectivity index (χ2v) is 9.31. The van der Waals surface area contributed by atoms with Crippen LogP contribution in [-0.4, -0.2) is 22.0 Å². The number of hydrogen-bond donors (Lipinski definition) is 1. The maximum Gasteiger partial charge on any atom is 0.264 e. The van der Waals surface area contributed by atoms with Gasteiger partial charge in [-0.1, -0.05) is 29.8 Å². The summed E-state index contributed by atoms with van der Waals surface area (Å²) in [5.41, 5.74) is 5.49. The van der Waals surface area contributed by atoms with Gasteiger partial charge in [-0.3, -0.25) is 14.5 Å². The normalized spacial score (nSPS) is 15.9. The lowest BCUT2D eigenvalue weighted by atomic mass is 10.1. The molecule has 1 aliphatic rings. The predicted octanol–water partition coefficient (Wildman–Crippen LogP) is 5.64. The molecule has 1 saturated heterocycles. The Morgan fingerprint density at radius 2 is 1.88 bits per heavy atom. The molecule has 1 aliphatic heterocycles. The van der Waals surface area contributed by atoms with Gasteiger partial charge in [0.1, 0.15) is 0 Å². The summed E-state index contributed by atoms with van der Waals surface area (Å²) >= 11 is 2.63. The summed E-state index contributed by atoms with van der Waals surface area (Å²) in [6, 6.07) is 13.6. The highest BCUT2D eigenvalue weighted by Gasteiger charge is 2.25. The highest BCUT2D eigenvalue weighted by molar-refractivity contribution is 8.18. The summed E-state index contributed by atoms with van der Waals surface area (Å²) in [6.07, 6.45) is 1.72. The molecular formula is C24H22N4O2S2. The molecule has 1 fully saturated rings. The highest BCUT2D eigenvalue weighted by Crippen LogP contribution is 2.34. The number of amidine groups is 1. The molecule has 0 spiro atoms. The molecule has 2 amide bonds. The van der Waals surface area contributed by atoms with E-state index in [9.17, 15) is 9.59 Å². The second kappa shape index (κ2) is 9.10. The van der Waals surface area contributed by atoms with Crippen molar-refractivity contribution in [2.75, 3.05) is 4.90 Å². The van der Waals surface area contributed by atoms with Crippen molar-refractivity contribution in [3.8, 4) is 0 Å². The summed E-state index contributed by atoms with van der Waals surface area (Å²) < 4.78 is 0. The SMILES string of the molecule is CC(=O)N(c1nc(/C=C2/SC(=Nc3ccc(C)cc3)NC2=O)cs1)c1cccc(C)c1C. The number of carbonyl (C=O) groups excluding carboxylic acids is 2. The van der Waals surface area contributed by atoms with Crippen LogP contribution in [-0.2, 0) is 9.59 Å². The zero-order valence-corrected chi connectivity index (χ0v) is 19.8. The molecule has 6 nitrogen and oxygen atoms in total. The molecule has 32 heavy (non-hydrogen) atoms. The molecule has 1 N–H and O–H groups in total. The molecule has 3 aromatic rings. The Bertz CT molecular complexity index is 1260. The van der Waals surface area contributed by atoms with E-state index in [1.165, 1.54) is 30.0 Å². The van der Waals surface area contributed by atoms with E-state index in [-0.39, 0.29) is 11.8 Å². The van der Waals surface area contributed by atoms with Gasteiger partial charge in [-0.05, 0) is 67.9 Å². The van der Waals surface area contributed by atoms with Crippen LogP contribution in [0.1, 0.15) is 29.3 Å². The van der Waals surface area contributed by atoms with Crippen LogP contribution in [0, 0.1) is 20.8 Å². The molecule has 0 atom stereocenters. The van der Waals surface area contributed by atoms with E-state index in [2.05, 4.69) is 15.3 Å². The van der Waals surface area contributed by atoms with Crippen LogP contribution in [0.3, 0.4) is 0 Å². The summed E-state index contributed by atoms with van der Waals surface area (Å²) in [5.74, 6) is -0.332. The minimum absolute atomic E-state index is 0.118. The van der Waals surface area contributed by atoms with Crippen molar-refractivity contribution < 1.29 is 9.59 Å². The van der Waals surface area contributed by atoms with Gasteiger partial charge in [0.2, 0.25) is 5.91 Å². The molecule has 162 valence electrons. The van der Waals surface area contributed by atoms with Crippen LogP contribution in [0.2, 0.25) is 0 Å². The molecule has 1 aromatic heterocycles. The molecule has 0 aliphatic carbocycles. The number of hydrogen-bond acceptors (Lipinski definition) is 6. The molecular weight excluding hydrogens is 440 g/mol. The van der Waals surface area contributed by atoms with Gasteiger partial charge in [-0.25, -0.2) is 9.98 Å². The molecule has 0 saturated carbocycles. The lowest BCUT2D eigenvalue weighted by molar-refractivity contribution is -0.116. The summed E-state index contributed by atoms with van der Waals surface area (Å²) in [6.45, 7) is 7.54. The minimum Gasteiger partial charge on any atom is -0.300 e. The van der Waals surface area contributed by atoms with Crippen LogP contribution in [0.5, 0.6) is 0 Å². The van der Waals surface area contributed by atoms with Crippen molar-refractivity contribution >= 4 is 62.7 Å². The first-order chi connectivity index (χ1) is 15.3. The van der Waals surface area contributed by atoms with Gasteiger partial charge in [0, 0.05) is 12.3 Å². The van der Waals surface area contributed by atoms with Gasteiger partial charge in [-0.15, -0.1) is 11.3 Å². The van der Waals surface area contributed by atoms with Crippen molar-refractivity contribution in [3.63, 3.8) is 0 Å². The monoisotopic (exact) mass is 462 g/mol. The number of aromatic nitrogens is 1. The fourth-order valence-corrected chi connectivity index (χ4v) is 4.85. The maximum absolute atomic E-state index is 12.4. The van der Waals surface area contributed by atoms with Crippen LogP contribution in [0.4, 0.5) is 16.5 Å². The molecule has 8 heteroatoms. The third kappa shape index (κ3) is 4.66. The van der Waals surface area contributed by atoms with Gasteiger partial charge in [-0.2, -0.15) is 0 Å². The first kappa shape index (κ1) is 22.0. The number of nitrogens with one attached hydrogen (secondary N) is 1. The lowest BCUT2D eigenvalue weighted by Gasteiger charge is -2.21. The van der Waals surface area contributed by atoms with E-state index in [1.54, 1.807) is 11.0 Å². The number of thiazole rings is 1. The van der Waals surface area contributed by atoms with Gasteiger partial charge in [0.25, 0.3) is 5.91 Å². The highest BCUT2D eigenvalue weighted by atomic mass is 32.2. The van der Waals surface area contributed by atoms with Gasteiger partial charge < -0.3 is 5.32 Å². The Hall–Kier alpha value is -3.23. The van der Waals surface area contributed by atoms with Crippen molar-refractivity contribution in [3.05, 3.63) is 75.1 Å².